The van der Waals surface area contributed by atoms with Gasteiger partial charge in [0.25, 0.3) is 0 Å². The Bertz CT molecular complexity index is 574. The van der Waals surface area contributed by atoms with Crippen molar-refractivity contribution in [3.05, 3.63) is 30.1 Å². The highest BCUT2D eigenvalue weighted by Gasteiger charge is 2.34. The van der Waals surface area contributed by atoms with Crippen LogP contribution in [0.1, 0.15) is 26.2 Å². The molecule has 1 heterocycles. The monoisotopic (exact) mass is 396 g/mol. The van der Waals surface area contributed by atoms with Crippen LogP contribution in [0, 0.1) is 5.82 Å². The van der Waals surface area contributed by atoms with Crippen molar-refractivity contribution < 1.29 is 9.13 Å². The maximum absolute atomic E-state index is 12.9. The number of aliphatic imine (C=N–C) groups is 1. The smallest absolute Gasteiger partial charge is 0.191 e. The van der Waals surface area contributed by atoms with E-state index in [1.165, 1.54) is 12.1 Å². The number of guanidine groups is 1. The molecular formula is C20H33FN4OS. The van der Waals surface area contributed by atoms with E-state index in [0.717, 1.165) is 68.7 Å². The van der Waals surface area contributed by atoms with Crippen molar-refractivity contribution in [2.75, 3.05) is 52.7 Å². The Hall–Kier alpha value is -1.31. The zero-order chi connectivity index (χ0) is 19.5. The number of halogens is 1. The van der Waals surface area contributed by atoms with Gasteiger partial charge in [0.05, 0.1) is 6.54 Å². The fourth-order valence-electron chi connectivity index (χ4n) is 3.07. The van der Waals surface area contributed by atoms with Gasteiger partial charge in [-0.3, -0.25) is 4.99 Å². The Balaban J connectivity index is 1.78. The molecule has 0 unspecified atom stereocenters. The third kappa shape index (κ3) is 7.31. The van der Waals surface area contributed by atoms with Gasteiger partial charge in [-0.05, 0) is 70.3 Å². The molecule has 0 amide bonds. The lowest BCUT2D eigenvalue weighted by Gasteiger charge is -2.41. The quantitative estimate of drug-likeness (QED) is 0.291. The van der Waals surface area contributed by atoms with E-state index >= 15 is 0 Å². The summed E-state index contributed by atoms with van der Waals surface area (Å²) < 4.78 is 18.5. The van der Waals surface area contributed by atoms with Crippen LogP contribution < -0.4 is 10.6 Å². The molecular weight excluding hydrogens is 363 g/mol. The molecule has 5 nitrogen and oxygen atoms in total. The van der Waals surface area contributed by atoms with Gasteiger partial charge < -0.3 is 20.3 Å². The normalized spacial score (nSPS) is 17.1. The van der Waals surface area contributed by atoms with E-state index in [2.05, 4.69) is 36.6 Å². The molecule has 1 fully saturated rings. The molecule has 152 valence electrons. The number of hydrogen-bond acceptors (Lipinski definition) is 4. The summed E-state index contributed by atoms with van der Waals surface area (Å²) in [4.78, 5) is 8.24. The minimum absolute atomic E-state index is 0.0824. The minimum atomic E-state index is -0.187. The highest BCUT2D eigenvalue weighted by Crippen LogP contribution is 2.26. The van der Waals surface area contributed by atoms with Crippen molar-refractivity contribution in [1.29, 1.82) is 0 Å². The zero-order valence-corrected chi connectivity index (χ0v) is 17.6. The number of nitrogens with zero attached hydrogens (tertiary/aromatic N) is 2. The molecule has 0 bridgehead atoms. The van der Waals surface area contributed by atoms with Gasteiger partial charge >= 0.3 is 0 Å². The Kier molecular flexibility index (Phi) is 9.38. The second kappa shape index (κ2) is 11.5. The van der Waals surface area contributed by atoms with Gasteiger partial charge in [-0.25, -0.2) is 4.39 Å². The first-order valence-corrected chi connectivity index (χ1v) is 10.7. The molecule has 0 saturated carbocycles. The largest absolute Gasteiger partial charge is 0.381 e. The van der Waals surface area contributed by atoms with Gasteiger partial charge in [0, 0.05) is 36.7 Å². The van der Waals surface area contributed by atoms with Crippen molar-refractivity contribution in [2.24, 2.45) is 4.99 Å². The molecule has 7 heteroatoms. The summed E-state index contributed by atoms with van der Waals surface area (Å²) in [6.45, 7) is 6.16. The summed E-state index contributed by atoms with van der Waals surface area (Å²) in [6.07, 6.45) is 3.04. The first-order chi connectivity index (χ1) is 13.1. The lowest BCUT2D eigenvalue weighted by Crippen LogP contribution is -2.51. The van der Waals surface area contributed by atoms with Gasteiger partial charge in [0.1, 0.15) is 5.82 Å². The second-order valence-corrected chi connectivity index (χ2v) is 8.18. The summed E-state index contributed by atoms with van der Waals surface area (Å²) in [5, 5.41) is 6.76. The van der Waals surface area contributed by atoms with E-state index in [4.69, 9.17) is 9.73 Å². The van der Waals surface area contributed by atoms with Gasteiger partial charge in [0.2, 0.25) is 0 Å². The lowest BCUT2D eigenvalue weighted by molar-refractivity contribution is -0.00254. The molecule has 0 atom stereocenters. The van der Waals surface area contributed by atoms with E-state index in [1.54, 1.807) is 11.8 Å². The van der Waals surface area contributed by atoms with Crippen LogP contribution in [0.2, 0.25) is 0 Å². The second-order valence-electron chi connectivity index (χ2n) is 7.01. The Morgan fingerprint density at radius 1 is 1.22 bits per heavy atom. The number of rotatable bonds is 9. The van der Waals surface area contributed by atoms with E-state index < -0.39 is 0 Å². The van der Waals surface area contributed by atoms with Crippen molar-refractivity contribution in [3.63, 3.8) is 0 Å². The highest BCUT2D eigenvalue weighted by atomic mass is 32.2. The summed E-state index contributed by atoms with van der Waals surface area (Å²) >= 11 is 1.75. The SMILES string of the molecule is CCNC(=NCC1(N(C)C)CCOCC1)NCCCSc1ccc(F)cc1. The van der Waals surface area contributed by atoms with Gasteiger partial charge in [0.15, 0.2) is 5.96 Å². The van der Waals surface area contributed by atoms with Crippen LogP contribution in [-0.4, -0.2) is 69.1 Å². The minimum Gasteiger partial charge on any atom is -0.381 e. The number of likely N-dealkylation sites (N-methyl/N-ethyl adjacent to an activating group) is 1. The summed E-state index contributed by atoms with van der Waals surface area (Å²) in [7, 11) is 4.27. The third-order valence-corrected chi connectivity index (χ3v) is 6.04. The fraction of sp³-hybridized carbons (Fsp3) is 0.650. The number of nitrogens with one attached hydrogen (secondary N) is 2. The van der Waals surface area contributed by atoms with Crippen LogP contribution >= 0.6 is 11.8 Å². The molecule has 27 heavy (non-hydrogen) atoms. The molecule has 1 aromatic rings. The van der Waals surface area contributed by atoms with Crippen molar-refractivity contribution in [3.8, 4) is 0 Å². The van der Waals surface area contributed by atoms with Crippen LogP contribution in [0.3, 0.4) is 0 Å². The van der Waals surface area contributed by atoms with Gasteiger partial charge in [-0.1, -0.05) is 0 Å². The predicted molar refractivity (Wildman–Crippen MR) is 112 cm³/mol. The van der Waals surface area contributed by atoms with E-state index in [9.17, 15) is 4.39 Å². The predicted octanol–water partition coefficient (Wildman–Crippen LogP) is 2.97. The van der Waals surface area contributed by atoms with E-state index in [0.29, 0.717) is 0 Å². The standard InChI is InChI=1S/C20H33FN4OS/c1-4-22-19(24-16-20(25(2)3)10-13-26-14-11-20)23-12-5-15-27-18-8-6-17(21)7-9-18/h6-9H,4-5,10-16H2,1-3H3,(H2,22,23,24). The summed E-state index contributed by atoms with van der Waals surface area (Å²) in [5.74, 6) is 1.67. The average molecular weight is 397 g/mol. The molecule has 1 aromatic carbocycles. The topological polar surface area (TPSA) is 48.9 Å². The maximum atomic E-state index is 12.9. The molecule has 0 aromatic heterocycles. The number of hydrogen-bond donors (Lipinski definition) is 2. The summed E-state index contributed by atoms with van der Waals surface area (Å²) in [5.41, 5.74) is 0.0824. The molecule has 2 N–H and O–H groups in total. The third-order valence-electron chi connectivity index (χ3n) is 4.94. The Morgan fingerprint density at radius 3 is 2.56 bits per heavy atom. The van der Waals surface area contributed by atoms with Crippen molar-refractivity contribution in [2.45, 2.75) is 36.6 Å². The molecule has 0 aliphatic carbocycles. The van der Waals surface area contributed by atoms with Crippen molar-refractivity contribution >= 4 is 17.7 Å². The number of ether oxygens (including phenoxy) is 1. The van der Waals surface area contributed by atoms with E-state index in [1.807, 2.05) is 12.1 Å². The average Bonchev–Trinajstić information content (AvgIpc) is 2.68. The highest BCUT2D eigenvalue weighted by molar-refractivity contribution is 7.99. The van der Waals surface area contributed by atoms with Crippen LogP contribution in [0.5, 0.6) is 0 Å². The van der Waals surface area contributed by atoms with Crippen LogP contribution in [0.15, 0.2) is 34.2 Å². The van der Waals surface area contributed by atoms with E-state index in [-0.39, 0.29) is 11.4 Å². The lowest BCUT2D eigenvalue weighted by atomic mass is 9.89. The maximum Gasteiger partial charge on any atom is 0.191 e. The first kappa shape index (κ1) is 22.0. The van der Waals surface area contributed by atoms with Crippen LogP contribution in [0.25, 0.3) is 0 Å². The molecule has 0 radical (unpaired) electrons. The Labute approximate surface area is 167 Å². The van der Waals surface area contributed by atoms with Crippen LogP contribution in [0.4, 0.5) is 4.39 Å². The number of benzene rings is 1. The molecule has 1 saturated heterocycles. The fourth-order valence-corrected chi connectivity index (χ4v) is 3.92. The Morgan fingerprint density at radius 2 is 1.93 bits per heavy atom. The first-order valence-electron chi connectivity index (χ1n) is 9.71. The molecule has 1 aliphatic heterocycles. The van der Waals surface area contributed by atoms with Crippen molar-refractivity contribution in [1.82, 2.24) is 15.5 Å². The zero-order valence-electron chi connectivity index (χ0n) is 16.8. The van der Waals surface area contributed by atoms with Gasteiger partial charge in [-0.15, -0.1) is 11.8 Å². The molecule has 0 spiro atoms. The summed E-state index contributed by atoms with van der Waals surface area (Å²) in [6, 6.07) is 6.67. The van der Waals surface area contributed by atoms with Gasteiger partial charge in [-0.2, -0.15) is 0 Å². The van der Waals surface area contributed by atoms with Crippen LogP contribution in [-0.2, 0) is 4.74 Å². The molecule has 2 rings (SSSR count). The number of thioether (sulfide) groups is 1. The molecule has 1 aliphatic rings.